The van der Waals surface area contributed by atoms with Gasteiger partial charge in [-0.3, -0.25) is 4.90 Å². The highest BCUT2D eigenvalue weighted by molar-refractivity contribution is 7.80. The predicted octanol–water partition coefficient (Wildman–Crippen LogP) is 6.62. The van der Waals surface area contributed by atoms with Gasteiger partial charge in [-0.25, -0.2) is 0 Å². The Hall–Kier alpha value is -3.97. The number of ether oxygens (including phenoxy) is 1. The lowest BCUT2D eigenvalue weighted by atomic mass is 9.94. The van der Waals surface area contributed by atoms with Gasteiger partial charge >= 0.3 is 0 Å². The van der Waals surface area contributed by atoms with Gasteiger partial charge in [0.05, 0.1) is 18.2 Å². The van der Waals surface area contributed by atoms with Gasteiger partial charge in [0.25, 0.3) is 5.89 Å². The van der Waals surface area contributed by atoms with Crippen LogP contribution in [0.15, 0.2) is 83.0 Å². The minimum Gasteiger partial charge on any atom is -0.494 e. The Balaban J connectivity index is 1.64. The summed E-state index contributed by atoms with van der Waals surface area (Å²) >= 11 is 5.89. The maximum atomic E-state index is 5.89. The number of thiocarbonyl (C=S) groups is 1. The molecule has 3 aromatic carbocycles. The van der Waals surface area contributed by atoms with Crippen LogP contribution < -0.4 is 15.0 Å². The van der Waals surface area contributed by atoms with Gasteiger partial charge in [0.2, 0.25) is 5.82 Å². The molecule has 0 aliphatic carbocycles. The number of anilines is 1. The lowest BCUT2D eigenvalue weighted by molar-refractivity contribution is 0.340. The molecule has 1 atom stereocenters. The topological polar surface area (TPSA) is 63.4 Å². The number of rotatable bonds is 6. The summed E-state index contributed by atoms with van der Waals surface area (Å²) < 4.78 is 11.5. The molecule has 6 nitrogen and oxygen atoms in total. The van der Waals surface area contributed by atoms with Crippen LogP contribution >= 0.6 is 12.2 Å². The fourth-order valence-electron chi connectivity index (χ4n) is 4.62. The molecule has 36 heavy (non-hydrogen) atoms. The average molecular weight is 497 g/mol. The summed E-state index contributed by atoms with van der Waals surface area (Å²) in [5.74, 6) is 1.82. The minimum atomic E-state index is -0.264. The fourth-order valence-corrected chi connectivity index (χ4v) is 4.98. The van der Waals surface area contributed by atoms with Crippen LogP contribution in [0.5, 0.6) is 5.75 Å². The van der Waals surface area contributed by atoms with E-state index in [1.54, 1.807) is 0 Å². The van der Waals surface area contributed by atoms with Gasteiger partial charge in [0, 0.05) is 16.9 Å². The Kier molecular flexibility index (Phi) is 6.57. The van der Waals surface area contributed by atoms with E-state index in [0.29, 0.717) is 23.4 Å². The van der Waals surface area contributed by atoms with Crippen molar-refractivity contribution >= 4 is 28.6 Å². The van der Waals surface area contributed by atoms with Crippen LogP contribution in [-0.4, -0.2) is 21.9 Å². The van der Waals surface area contributed by atoms with Crippen molar-refractivity contribution in [3.05, 3.63) is 101 Å². The first-order valence-corrected chi connectivity index (χ1v) is 12.4. The predicted molar refractivity (Wildman–Crippen MR) is 147 cm³/mol. The smallest absolute Gasteiger partial charge is 0.258 e. The molecule has 0 radical (unpaired) electrons. The van der Waals surface area contributed by atoms with Crippen molar-refractivity contribution in [1.29, 1.82) is 0 Å². The van der Waals surface area contributed by atoms with Gasteiger partial charge in [-0.1, -0.05) is 53.7 Å². The summed E-state index contributed by atoms with van der Waals surface area (Å²) in [6.45, 7) is 8.81. The van der Waals surface area contributed by atoms with E-state index in [2.05, 4.69) is 42.5 Å². The average Bonchev–Trinajstić information content (AvgIpc) is 3.34. The summed E-state index contributed by atoms with van der Waals surface area (Å²) in [6, 6.07) is 24.0. The van der Waals surface area contributed by atoms with E-state index in [-0.39, 0.29) is 6.04 Å². The van der Waals surface area contributed by atoms with Gasteiger partial charge in [-0.05, 0) is 80.9 Å². The number of nitrogens with one attached hydrogen (secondary N) is 1. The van der Waals surface area contributed by atoms with E-state index in [0.717, 1.165) is 33.8 Å². The molecular formula is C29H28N4O2S. The Morgan fingerprint density at radius 3 is 2.33 bits per heavy atom. The molecule has 0 spiro atoms. The molecule has 1 aliphatic rings. The molecule has 7 heteroatoms. The lowest BCUT2D eigenvalue weighted by Crippen LogP contribution is -2.46. The van der Waals surface area contributed by atoms with Crippen LogP contribution in [0.4, 0.5) is 5.69 Å². The second-order valence-corrected chi connectivity index (χ2v) is 9.24. The van der Waals surface area contributed by atoms with E-state index in [9.17, 15) is 0 Å². The van der Waals surface area contributed by atoms with Crippen LogP contribution in [-0.2, 0) is 0 Å². The maximum Gasteiger partial charge on any atom is 0.258 e. The van der Waals surface area contributed by atoms with Crippen molar-refractivity contribution in [3.8, 4) is 17.1 Å². The van der Waals surface area contributed by atoms with Crippen LogP contribution in [0.25, 0.3) is 17.0 Å². The van der Waals surface area contributed by atoms with E-state index >= 15 is 0 Å². The van der Waals surface area contributed by atoms with Crippen molar-refractivity contribution in [2.45, 2.75) is 33.7 Å². The van der Waals surface area contributed by atoms with Crippen LogP contribution in [0.1, 0.15) is 42.5 Å². The molecule has 0 fully saturated rings. The molecule has 0 amide bonds. The number of benzene rings is 3. The summed E-state index contributed by atoms with van der Waals surface area (Å²) in [5, 5.41) is 8.43. The Bertz CT molecular complexity index is 1410. The summed E-state index contributed by atoms with van der Waals surface area (Å²) in [6.07, 6.45) is 0. The van der Waals surface area contributed by atoms with Crippen LogP contribution in [0.3, 0.4) is 0 Å². The molecule has 5 rings (SSSR count). The van der Waals surface area contributed by atoms with E-state index in [4.69, 9.17) is 26.5 Å². The monoisotopic (exact) mass is 496 g/mol. The van der Waals surface area contributed by atoms with Crippen LogP contribution in [0.2, 0.25) is 0 Å². The first kappa shape index (κ1) is 23.8. The summed E-state index contributed by atoms with van der Waals surface area (Å²) in [7, 11) is 0. The third-order valence-electron chi connectivity index (χ3n) is 6.16. The Morgan fingerprint density at radius 1 is 0.972 bits per heavy atom. The molecule has 1 N–H and O–H groups in total. The SMILES string of the molecule is CCOc1ccc(C2NC(=S)N(c3cc(C)cc(C)c3)C(C)=C2c2nc(-c3ccccc3)no2)cc1. The second kappa shape index (κ2) is 9.95. The highest BCUT2D eigenvalue weighted by Crippen LogP contribution is 2.40. The van der Waals surface area contributed by atoms with Crippen molar-refractivity contribution in [1.82, 2.24) is 15.5 Å². The zero-order chi connectivity index (χ0) is 25.2. The summed E-state index contributed by atoms with van der Waals surface area (Å²) in [4.78, 5) is 6.84. The number of aromatic nitrogens is 2. The standard InChI is InChI=1S/C29H28N4O2S/c1-5-34-24-13-11-21(12-14-24)26-25(28-31-27(32-35-28)22-9-7-6-8-10-22)20(4)33(29(36)30-26)23-16-18(2)15-19(3)17-23/h6-17,26H,5H2,1-4H3,(H,30,36). The molecule has 1 aliphatic heterocycles. The van der Waals surface area contributed by atoms with Crippen molar-refractivity contribution in [3.63, 3.8) is 0 Å². The highest BCUT2D eigenvalue weighted by Gasteiger charge is 2.35. The van der Waals surface area contributed by atoms with E-state index in [1.807, 2.05) is 73.3 Å². The maximum absolute atomic E-state index is 5.89. The van der Waals surface area contributed by atoms with Gasteiger partial charge in [0.1, 0.15) is 5.75 Å². The summed E-state index contributed by atoms with van der Waals surface area (Å²) in [5.41, 5.74) is 7.06. The fraction of sp³-hybridized carbons (Fsp3) is 0.207. The molecule has 0 saturated heterocycles. The number of hydrogen-bond acceptors (Lipinski definition) is 5. The van der Waals surface area contributed by atoms with Crippen molar-refractivity contribution in [2.24, 2.45) is 0 Å². The molecule has 182 valence electrons. The molecule has 1 aromatic heterocycles. The second-order valence-electron chi connectivity index (χ2n) is 8.85. The number of allylic oxidation sites excluding steroid dienone is 1. The van der Waals surface area contributed by atoms with Crippen molar-refractivity contribution in [2.75, 3.05) is 11.5 Å². The number of nitrogens with zero attached hydrogens (tertiary/aromatic N) is 3. The van der Waals surface area contributed by atoms with Crippen LogP contribution in [0, 0.1) is 13.8 Å². The molecule has 2 heterocycles. The normalized spacial score (nSPS) is 15.7. The van der Waals surface area contributed by atoms with Gasteiger partial charge in [0.15, 0.2) is 5.11 Å². The van der Waals surface area contributed by atoms with E-state index < -0.39 is 0 Å². The van der Waals surface area contributed by atoms with Gasteiger partial charge in [-0.15, -0.1) is 0 Å². The number of hydrogen-bond donors (Lipinski definition) is 1. The molecular weight excluding hydrogens is 468 g/mol. The Labute approximate surface area is 216 Å². The zero-order valence-electron chi connectivity index (χ0n) is 20.8. The van der Waals surface area contributed by atoms with Crippen molar-refractivity contribution < 1.29 is 9.26 Å². The third-order valence-corrected chi connectivity index (χ3v) is 6.46. The van der Waals surface area contributed by atoms with Gasteiger partial charge in [-0.2, -0.15) is 4.98 Å². The highest BCUT2D eigenvalue weighted by atomic mass is 32.1. The molecule has 0 bridgehead atoms. The zero-order valence-corrected chi connectivity index (χ0v) is 21.6. The first-order chi connectivity index (χ1) is 17.4. The lowest BCUT2D eigenvalue weighted by Gasteiger charge is -2.37. The number of aryl methyl sites for hydroxylation is 2. The molecule has 1 unspecified atom stereocenters. The molecule has 4 aromatic rings. The quantitative estimate of drug-likeness (QED) is 0.301. The Morgan fingerprint density at radius 2 is 1.67 bits per heavy atom. The first-order valence-electron chi connectivity index (χ1n) is 12.0. The third kappa shape index (κ3) is 4.62. The minimum absolute atomic E-state index is 0.264. The van der Waals surface area contributed by atoms with Gasteiger partial charge < -0.3 is 14.6 Å². The molecule has 0 saturated carbocycles. The largest absolute Gasteiger partial charge is 0.494 e. The van der Waals surface area contributed by atoms with E-state index in [1.165, 1.54) is 11.1 Å².